The van der Waals surface area contributed by atoms with Gasteiger partial charge in [-0.05, 0) is 25.0 Å². The molecular formula is C10H10BrF2N. The van der Waals surface area contributed by atoms with Crippen LogP contribution in [0.3, 0.4) is 0 Å². The van der Waals surface area contributed by atoms with Gasteiger partial charge in [0.25, 0.3) is 0 Å². The summed E-state index contributed by atoms with van der Waals surface area (Å²) in [5.41, 5.74) is 5.83. The molecule has 76 valence electrons. The molecule has 0 amide bonds. The molecule has 14 heavy (non-hydrogen) atoms. The minimum absolute atomic E-state index is 0.0971. The van der Waals surface area contributed by atoms with Gasteiger partial charge in [0, 0.05) is 22.0 Å². The molecule has 1 aromatic carbocycles. The van der Waals surface area contributed by atoms with Gasteiger partial charge in [0.15, 0.2) is 0 Å². The van der Waals surface area contributed by atoms with Crippen molar-refractivity contribution in [3.05, 3.63) is 33.8 Å². The average molecular weight is 262 g/mol. The first kappa shape index (κ1) is 10.1. The molecule has 1 aliphatic carbocycles. The van der Waals surface area contributed by atoms with E-state index in [-0.39, 0.29) is 17.5 Å². The van der Waals surface area contributed by atoms with E-state index in [1.54, 1.807) is 0 Å². The van der Waals surface area contributed by atoms with Crippen molar-refractivity contribution in [1.29, 1.82) is 0 Å². The van der Waals surface area contributed by atoms with Crippen molar-refractivity contribution >= 4 is 15.9 Å². The minimum atomic E-state index is -0.503. The summed E-state index contributed by atoms with van der Waals surface area (Å²) >= 11 is 3.04. The molecule has 0 aliphatic heterocycles. The fourth-order valence-electron chi connectivity index (χ4n) is 1.79. The lowest BCUT2D eigenvalue weighted by molar-refractivity contribution is 0.326. The first-order valence-corrected chi connectivity index (χ1v) is 5.29. The molecule has 2 atom stereocenters. The molecule has 1 nitrogen and oxygen atoms in total. The van der Waals surface area contributed by atoms with Gasteiger partial charge in [0.05, 0.1) is 0 Å². The van der Waals surface area contributed by atoms with Crippen molar-refractivity contribution in [2.45, 2.75) is 24.8 Å². The molecule has 2 unspecified atom stereocenters. The normalized spacial score (nSPS) is 26.0. The van der Waals surface area contributed by atoms with E-state index in [9.17, 15) is 8.78 Å². The van der Waals surface area contributed by atoms with Crippen LogP contribution < -0.4 is 5.73 Å². The SMILES string of the molecule is NC1CCC1c1c(F)cc(Br)cc1F. The standard InChI is InChI=1S/C10H10BrF2N/c11-5-3-7(12)10(8(13)4-5)6-1-2-9(6)14/h3-4,6,9H,1-2,14H2. The van der Waals surface area contributed by atoms with Crippen LogP contribution in [0.2, 0.25) is 0 Å². The van der Waals surface area contributed by atoms with Crippen LogP contribution in [0.4, 0.5) is 8.78 Å². The maximum Gasteiger partial charge on any atom is 0.130 e. The molecule has 0 bridgehead atoms. The first-order chi connectivity index (χ1) is 6.59. The van der Waals surface area contributed by atoms with E-state index >= 15 is 0 Å². The Kier molecular flexibility index (Phi) is 2.58. The van der Waals surface area contributed by atoms with Gasteiger partial charge in [-0.2, -0.15) is 0 Å². The second-order valence-electron chi connectivity index (χ2n) is 3.63. The molecule has 1 aliphatic rings. The number of nitrogens with two attached hydrogens (primary N) is 1. The predicted octanol–water partition coefficient (Wildman–Crippen LogP) is 2.93. The van der Waals surface area contributed by atoms with Crippen LogP contribution in [0, 0.1) is 11.6 Å². The number of halogens is 3. The summed E-state index contributed by atoms with van der Waals surface area (Å²) in [5, 5.41) is 0. The summed E-state index contributed by atoms with van der Waals surface area (Å²) in [5.74, 6) is -1.16. The Hall–Kier alpha value is -0.480. The molecule has 1 saturated carbocycles. The van der Waals surface area contributed by atoms with Crippen LogP contribution >= 0.6 is 15.9 Å². The highest BCUT2D eigenvalue weighted by molar-refractivity contribution is 9.10. The summed E-state index contributed by atoms with van der Waals surface area (Å²) in [7, 11) is 0. The van der Waals surface area contributed by atoms with E-state index in [0.29, 0.717) is 4.47 Å². The van der Waals surface area contributed by atoms with Gasteiger partial charge < -0.3 is 5.73 Å². The Morgan fingerprint density at radius 1 is 1.21 bits per heavy atom. The van der Waals surface area contributed by atoms with Crippen LogP contribution in [0.15, 0.2) is 16.6 Å². The van der Waals surface area contributed by atoms with Crippen molar-refractivity contribution in [3.8, 4) is 0 Å². The highest BCUT2D eigenvalue weighted by Gasteiger charge is 2.33. The zero-order valence-corrected chi connectivity index (χ0v) is 9.02. The topological polar surface area (TPSA) is 26.0 Å². The van der Waals surface area contributed by atoms with Gasteiger partial charge in [-0.25, -0.2) is 8.78 Å². The number of hydrogen-bond donors (Lipinski definition) is 1. The van der Waals surface area contributed by atoms with E-state index < -0.39 is 11.6 Å². The Morgan fingerprint density at radius 3 is 2.14 bits per heavy atom. The van der Waals surface area contributed by atoms with Crippen molar-refractivity contribution in [3.63, 3.8) is 0 Å². The molecule has 1 aromatic rings. The van der Waals surface area contributed by atoms with Crippen molar-refractivity contribution < 1.29 is 8.78 Å². The van der Waals surface area contributed by atoms with E-state index in [1.165, 1.54) is 12.1 Å². The summed E-state index contributed by atoms with van der Waals surface area (Å²) in [6.07, 6.45) is 1.62. The Labute approximate surface area is 89.4 Å². The van der Waals surface area contributed by atoms with Crippen LogP contribution in [-0.4, -0.2) is 6.04 Å². The second-order valence-corrected chi connectivity index (χ2v) is 4.55. The lowest BCUT2D eigenvalue weighted by Crippen LogP contribution is -2.38. The van der Waals surface area contributed by atoms with Gasteiger partial charge in [-0.15, -0.1) is 0 Å². The molecule has 1 fully saturated rings. The molecule has 0 radical (unpaired) electrons. The van der Waals surface area contributed by atoms with Gasteiger partial charge in [-0.3, -0.25) is 0 Å². The Bertz CT molecular complexity index is 344. The van der Waals surface area contributed by atoms with Gasteiger partial charge in [0.1, 0.15) is 11.6 Å². The van der Waals surface area contributed by atoms with E-state index in [1.807, 2.05) is 0 Å². The summed E-state index contributed by atoms with van der Waals surface area (Å²) < 4.78 is 27.3. The molecule has 4 heteroatoms. The van der Waals surface area contributed by atoms with Crippen molar-refractivity contribution in [2.24, 2.45) is 5.73 Å². The zero-order valence-electron chi connectivity index (χ0n) is 7.43. The third kappa shape index (κ3) is 1.57. The molecule has 0 saturated heterocycles. The lowest BCUT2D eigenvalue weighted by atomic mass is 9.75. The fourth-order valence-corrected chi connectivity index (χ4v) is 2.19. The molecule has 0 aromatic heterocycles. The van der Waals surface area contributed by atoms with Crippen molar-refractivity contribution in [1.82, 2.24) is 0 Å². The highest BCUT2D eigenvalue weighted by Crippen LogP contribution is 2.38. The molecular weight excluding hydrogens is 252 g/mol. The minimum Gasteiger partial charge on any atom is -0.327 e. The number of rotatable bonds is 1. The molecule has 0 spiro atoms. The van der Waals surface area contributed by atoms with E-state index in [0.717, 1.165) is 12.8 Å². The van der Waals surface area contributed by atoms with Crippen LogP contribution in [-0.2, 0) is 0 Å². The van der Waals surface area contributed by atoms with Gasteiger partial charge in [-0.1, -0.05) is 15.9 Å². The fraction of sp³-hybridized carbons (Fsp3) is 0.400. The van der Waals surface area contributed by atoms with Crippen LogP contribution in [0.25, 0.3) is 0 Å². The van der Waals surface area contributed by atoms with Gasteiger partial charge >= 0.3 is 0 Å². The van der Waals surface area contributed by atoms with E-state index in [2.05, 4.69) is 15.9 Å². The monoisotopic (exact) mass is 261 g/mol. The predicted molar refractivity (Wildman–Crippen MR) is 54.0 cm³/mol. The van der Waals surface area contributed by atoms with Crippen LogP contribution in [0.1, 0.15) is 24.3 Å². The zero-order chi connectivity index (χ0) is 10.3. The van der Waals surface area contributed by atoms with Gasteiger partial charge in [0.2, 0.25) is 0 Å². The smallest absolute Gasteiger partial charge is 0.130 e. The second kappa shape index (κ2) is 3.59. The maximum atomic E-state index is 13.4. The Morgan fingerprint density at radius 2 is 1.79 bits per heavy atom. The van der Waals surface area contributed by atoms with Crippen molar-refractivity contribution in [2.75, 3.05) is 0 Å². The van der Waals surface area contributed by atoms with Crippen LogP contribution in [0.5, 0.6) is 0 Å². The lowest BCUT2D eigenvalue weighted by Gasteiger charge is -2.34. The average Bonchev–Trinajstić information content (AvgIpc) is 2.08. The summed E-state index contributed by atoms with van der Waals surface area (Å²) in [4.78, 5) is 0. The quantitative estimate of drug-likeness (QED) is 0.827. The number of benzene rings is 1. The number of hydrogen-bond acceptors (Lipinski definition) is 1. The third-order valence-electron chi connectivity index (χ3n) is 2.74. The summed E-state index contributed by atoms with van der Waals surface area (Å²) in [6.45, 7) is 0. The largest absolute Gasteiger partial charge is 0.327 e. The molecule has 2 rings (SSSR count). The highest BCUT2D eigenvalue weighted by atomic mass is 79.9. The first-order valence-electron chi connectivity index (χ1n) is 4.49. The molecule has 2 N–H and O–H groups in total. The molecule has 0 heterocycles. The summed E-state index contributed by atoms with van der Waals surface area (Å²) in [6, 6.07) is 2.47. The third-order valence-corrected chi connectivity index (χ3v) is 3.20. The Balaban J connectivity index is 2.42. The maximum absolute atomic E-state index is 13.4. The van der Waals surface area contributed by atoms with E-state index in [4.69, 9.17) is 5.73 Å².